The number of ether oxygens (including phenoxy) is 1. The van der Waals surface area contributed by atoms with Crippen LogP contribution in [-0.4, -0.2) is 28.9 Å². The average Bonchev–Trinajstić information content (AvgIpc) is 2.52. The zero-order valence-corrected chi connectivity index (χ0v) is 16.1. The van der Waals surface area contributed by atoms with Crippen molar-refractivity contribution in [1.29, 1.82) is 0 Å². The number of rotatable bonds is 6. The second kappa shape index (κ2) is 7.99. The number of benzene rings is 1. The van der Waals surface area contributed by atoms with Gasteiger partial charge in [0.2, 0.25) is 0 Å². The first-order valence-corrected chi connectivity index (χ1v) is 8.91. The van der Waals surface area contributed by atoms with E-state index in [1.165, 1.54) is 0 Å². The predicted octanol–water partition coefficient (Wildman–Crippen LogP) is 4.24. The second-order valence-corrected chi connectivity index (χ2v) is 6.51. The Balaban J connectivity index is 2.47. The molecule has 0 saturated heterocycles. The number of thiocarbonyl (C=S) groups is 1. The van der Waals surface area contributed by atoms with Gasteiger partial charge in [-0.15, -0.1) is 0 Å². The molecule has 0 radical (unpaired) electrons. The highest BCUT2D eigenvalue weighted by Crippen LogP contribution is 2.34. The van der Waals surface area contributed by atoms with Crippen LogP contribution in [0, 0.1) is 0 Å². The lowest BCUT2D eigenvalue weighted by molar-refractivity contribution is -0.114. The summed E-state index contributed by atoms with van der Waals surface area (Å²) in [5.74, 6) is 0.664. The van der Waals surface area contributed by atoms with Crippen molar-refractivity contribution < 1.29 is 9.53 Å². The van der Waals surface area contributed by atoms with E-state index < -0.39 is 0 Å². The Labute approximate surface area is 153 Å². The highest BCUT2D eigenvalue weighted by Gasteiger charge is 2.32. The molecule has 2 rings (SSSR count). The quantitative estimate of drug-likeness (QED) is 0.762. The third-order valence-corrected chi connectivity index (χ3v) is 4.65. The Hall–Kier alpha value is -1.59. The predicted molar refractivity (Wildman–Crippen MR) is 101 cm³/mol. The molecule has 0 amide bonds. The standard InChI is InChI=1S/C18H23ClN2O2S/c1-5-9-21-11(3)16(12(4)22)17(20-18(21)24)13-7-8-15(23-6-2)14(19)10-13/h7-8,10,17H,5-6,9H2,1-4H3,(H,20,24). The molecule has 0 spiro atoms. The van der Waals surface area contributed by atoms with Gasteiger partial charge in [0.05, 0.1) is 17.7 Å². The average molecular weight is 367 g/mol. The normalized spacial score (nSPS) is 17.8. The van der Waals surface area contributed by atoms with Crippen LogP contribution >= 0.6 is 23.8 Å². The summed E-state index contributed by atoms with van der Waals surface area (Å²) < 4.78 is 5.48. The van der Waals surface area contributed by atoms with Crippen LogP contribution < -0.4 is 10.1 Å². The van der Waals surface area contributed by atoms with E-state index in [0.29, 0.717) is 22.5 Å². The molecule has 24 heavy (non-hydrogen) atoms. The van der Waals surface area contributed by atoms with Gasteiger partial charge >= 0.3 is 0 Å². The van der Waals surface area contributed by atoms with Crippen LogP contribution in [0.3, 0.4) is 0 Å². The van der Waals surface area contributed by atoms with E-state index in [1.807, 2.05) is 36.9 Å². The van der Waals surface area contributed by atoms with Gasteiger partial charge in [0.1, 0.15) is 5.75 Å². The number of carbonyl (C=O) groups is 1. The molecule has 0 aliphatic carbocycles. The second-order valence-electron chi connectivity index (χ2n) is 5.71. The zero-order valence-electron chi connectivity index (χ0n) is 14.5. The summed E-state index contributed by atoms with van der Waals surface area (Å²) >= 11 is 11.8. The van der Waals surface area contributed by atoms with E-state index >= 15 is 0 Å². The van der Waals surface area contributed by atoms with E-state index in [4.69, 9.17) is 28.6 Å². The largest absolute Gasteiger partial charge is 0.492 e. The van der Waals surface area contributed by atoms with Crippen LogP contribution in [0.25, 0.3) is 0 Å². The van der Waals surface area contributed by atoms with Crippen molar-refractivity contribution >= 4 is 34.7 Å². The first-order valence-electron chi connectivity index (χ1n) is 8.12. The molecular formula is C18H23ClN2O2S. The van der Waals surface area contributed by atoms with Gasteiger partial charge in [-0.05, 0) is 57.1 Å². The third-order valence-electron chi connectivity index (χ3n) is 4.01. The molecule has 0 bridgehead atoms. The molecule has 1 unspecified atom stereocenters. The Bertz CT molecular complexity index is 688. The molecule has 0 fully saturated rings. The van der Waals surface area contributed by atoms with Crippen molar-refractivity contribution in [2.45, 2.75) is 40.2 Å². The minimum absolute atomic E-state index is 0.0265. The summed E-state index contributed by atoms with van der Waals surface area (Å²) in [6, 6.07) is 5.29. The van der Waals surface area contributed by atoms with Crippen molar-refractivity contribution in [1.82, 2.24) is 10.2 Å². The van der Waals surface area contributed by atoms with Gasteiger partial charge in [0.15, 0.2) is 10.9 Å². The number of Topliss-reactive ketones (excluding diaryl/α,β-unsaturated/α-hetero) is 1. The van der Waals surface area contributed by atoms with Crippen LogP contribution in [-0.2, 0) is 4.79 Å². The molecule has 0 aromatic heterocycles. The third kappa shape index (κ3) is 3.73. The number of hydrogen-bond donors (Lipinski definition) is 1. The van der Waals surface area contributed by atoms with Gasteiger partial charge < -0.3 is 15.0 Å². The van der Waals surface area contributed by atoms with Gasteiger partial charge in [-0.25, -0.2) is 0 Å². The Kier molecular flexibility index (Phi) is 6.24. The van der Waals surface area contributed by atoms with Crippen LogP contribution in [0.5, 0.6) is 5.75 Å². The first kappa shape index (κ1) is 18.7. The minimum atomic E-state index is -0.295. The van der Waals surface area contributed by atoms with Crippen molar-refractivity contribution in [2.75, 3.05) is 13.2 Å². The lowest BCUT2D eigenvalue weighted by atomic mass is 9.92. The van der Waals surface area contributed by atoms with Gasteiger partial charge in [0.25, 0.3) is 0 Å². The summed E-state index contributed by atoms with van der Waals surface area (Å²) in [5.41, 5.74) is 2.52. The molecular weight excluding hydrogens is 344 g/mol. The van der Waals surface area contributed by atoms with Crippen molar-refractivity contribution in [3.63, 3.8) is 0 Å². The summed E-state index contributed by atoms with van der Waals surface area (Å²) in [6.45, 7) is 8.86. The summed E-state index contributed by atoms with van der Waals surface area (Å²) in [5, 5.41) is 4.45. The first-order chi connectivity index (χ1) is 11.4. The molecule has 0 saturated carbocycles. The number of allylic oxidation sites excluding steroid dienone is 1. The van der Waals surface area contributed by atoms with Crippen LogP contribution in [0.4, 0.5) is 0 Å². The molecule has 1 atom stereocenters. The highest BCUT2D eigenvalue weighted by atomic mass is 35.5. The maximum atomic E-state index is 12.3. The fourth-order valence-electron chi connectivity index (χ4n) is 2.95. The summed E-state index contributed by atoms with van der Waals surface area (Å²) in [4.78, 5) is 14.3. The molecule has 1 aromatic rings. The van der Waals surface area contributed by atoms with E-state index in [-0.39, 0.29) is 11.8 Å². The smallest absolute Gasteiger partial charge is 0.173 e. The Morgan fingerprint density at radius 1 is 1.42 bits per heavy atom. The monoisotopic (exact) mass is 366 g/mol. The molecule has 130 valence electrons. The fraction of sp³-hybridized carbons (Fsp3) is 0.444. The number of nitrogens with zero attached hydrogens (tertiary/aromatic N) is 1. The van der Waals surface area contributed by atoms with E-state index in [9.17, 15) is 4.79 Å². The minimum Gasteiger partial charge on any atom is -0.492 e. The van der Waals surface area contributed by atoms with Crippen molar-refractivity contribution in [2.24, 2.45) is 0 Å². The lowest BCUT2D eigenvalue weighted by Crippen LogP contribution is -2.47. The molecule has 1 aromatic carbocycles. The van der Waals surface area contributed by atoms with Crippen LogP contribution in [0.2, 0.25) is 5.02 Å². The lowest BCUT2D eigenvalue weighted by Gasteiger charge is -2.37. The maximum Gasteiger partial charge on any atom is 0.173 e. The van der Waals surface area contributed by atoms with E-state index in [1.54, 1.807) is 6.92 Å². The Morgan fingerprint density at radius 2 is 2.12 bits per heavy atom. The number of hydrogen-bond acceptors (Lipinski definition) is 3. The van der Waals surface area contributed by atoms with E-state index in [0.717, 1.165) is 29.8 Å². The fourth-order valence-corrected chi connectivity index (χ4v) is 3.54. The number of halogens is 1. The number of ketones is 1. The summed E-state index contributed by atoms with van der Waals surface area (Å²) in [7, 11) is 0. The number of carbonyl (C=O) groups excluding carboxylic acids is 1. The number of nitrogens with one attached hydrogen (secondary N) is 1. The SMILES string of the molecule is CCCN1C(=S)NC(c2ccc(OCC)c(Cl)c2)C(C(C)=O)=C1C. The van der Waals surface area contributed by atoms with Crippen molar-refractivity contribution in [3.8, 4) is 5.75 Å². The summed E-state index contributed by atoms with van der Waals surface area (Å²) in [6.07, 6.45) is 0.948. The van der Waals surface area contributed by atoms with Crippen LogP contribution in [0.1, 0.15) is 45.7 Å². The van der Waals surface area contributed by atoms with Gasteiger partial charge in [-0.3, -0.25) is 4.79 Å². The van der Waals surface area contributed by atoms with E-state index in [2.05, 4.69) is 12.2 Å². The molecule has 1 aliphatic heterocycles. The molecule has 1 N–H and O–H groups in total. The topological polar surface area (TPSA) is 41.6 Å². The van der Waals surface area contributed by atoms with Crippen LogP contribution in [0.15, 0.2) is 29.5 Å². The maximum absolute atomic E-state index is 12.3. The highest BCUT2D eigenvalue weighted by molar-refractivity contribution is 7.80. The Morgan fingerprint density at radius 3 is 2.67 bits per heavy atom. The molecule has 4 nitrogen and oxygen atoms in total. The van der Waals surface area contributed by atoms with Gasteiger partial charge in [-0.2, -0.15) is 0 Å². The van der Waals surface area contributed by atoms with Gasteiger partial charge in [-0.1, -0.05) is 24.6 Å². The molecule has 6 heteroatoms. The molecule has 1 heterocycles. The van der Waals surface area contributed by atoms with Gasteiger partial charge in [0, 0.05) is 17.8 Å². The van der Waals surface area contributed by atoms with Crippen molar-refractivity contribution in [3.05, 3.63) is 40.1 Å². The zero-order chi connectivity index (χ0) is 17.9. The molecule has 1 aliphatic rings.